The van der Waals surface area contributed by atoms with Gasteiger partial charge in [-0.05, 0) is 52.4 Å². The Labute approximate surface area is 129 Å². The third kappa shape index (κ3) is 2.57. The molecule has 3 rings (SSSR count). The minimum absolute atomic E-state index is 0.260. The third-order valence-corrected chi connectivity index (χ3v) is 4.03. The molecule has 2 aromatic carbocycles. The van der Waals surface area contributed by atoms with Gasteiger partial charge in [-0.2, -0.15) is 0 Å². The van der Waals surface area contributed by atoms with E-state index in [0.29, 0.717) is 35.2 Å². The number of ether oxygens (including phenoxy) is 1. The molecule has 19 heavy (non-hydrogen) atoms. The minimum Gasteiger partial charge on any atom is -0.372 e. The SMILES string of the molecule is Fc1c(Nc2ccc(I)cc2Cl)ccc2c1COC2. The molecule has 2 aromatic rings. The third-order valence-electron chi connectivity index (χ3n) is 3.04. The van der Waals surface area contributed by atoms with Crippen molar-refractivity contribution >= 4 is 45.6 Å². The molecule has 1 aliphatic heterocycles. The predicted octanol–water partition coefficient (Wildman–Crippen LogP) is 4.86. The summed E-state index contributed by atoms with van der Waals surface area (Å²) in [7, 11) is 0. The van der Waals surface area contributed by atoms with Crippen molar-refractivity contribution in [3.05, 3.63) is 55.9 Å². The number of halogens is 3. The summed E-state index contributed by atoms with van der Waals surface area (Å²) < 4.78 is 20.6. The summed E-state index contributed by atoms with van der Waals surface area (Å²) in [6, 6.07) is 9.20. The van der Waals surface area contributed by atoms with Gasteiger partial charge in [0.15, 0.2) is 5.82 Å². The summed E-state index contributed by atoms with van der Waals surface area (Å²) in [5.74, 6) is -0.260. The van der Waals surface area contributed by atoms with Gasteiger partial charge in [0.25, 0.3) is 0 Å². The highest BCUT2D eigenvalue weighted by atomic mass is 127. The summed E-state index contributed by atoms with van der Waals surface area (Å²) in [6.07, 6.45) is 0. The lowest BCUT2D eigenvalue weighted by Crippen LogP contribution is -1.98. The van der Waals surface area contributed by atoms with E-state index in [1.807, 2.05) is 24.3 Å². The van der Waals surface area contributed by atoms with E-state index < -0.39 is 0 Å². The van der Waals surface area contributed by atoms with Gasteiger partial charge in [-0.1, -0.05) is 17.7 Å². The Morgan fingerprint density at radius 2 is 1.95 bits per heavy atom. The molecule has 0 amide bonds. The lowest BCUT2D eigenvalue weighted by Gasteiger charge is -2.11. The Balaban J connectivity index is 1.96. The molecular formula is C14H10ClFINO. The normalized spacial score (nSPS) is 13.4. The topological polar surface area (TPSA) is 21.3 Å². The average Bonchev–Trinajstić information content (AvgIpc) is 2.85. The van der Waals surface area contributed by atoms with Crippen LogP contribution in [0.1, 0.15) is 11.1 Å². The molecule has 0 saturated heterocycles. The van der Waals surface area contributed by atoms with Gasteiger partial charge in [-0.15, -0.1) is 0 Å². The van der Waals surface area contributed by atoms with Crippen molar-refractivity contribution in [2.24, 2.45) is 0 Å². The lowest BCUT2D eigenvalue weighted by atomic mass is 10.1. The van der Waals surface area contributed by atoms with Crippen molar-refractivity contribution in [1.29, 1.82) is 0 Å². The molecule has 1 N–H and O–H groups in total. The van der Waals surface area contributed by atoms with Crippen LogP contribution in [0.25, 0.3) is 0 Å². The van der Waals surface area contributed by atoms with E-state index in [0.717, 1.165) is 9.13 Å². The van der Waals surface area contributed by atoms with Crippen LogP contribution in [0.15, 0.2) is 30.3 Å². The van der Waals surface area contributed by atoms with Crippen molar-refractivity contribution in [3.63, 3.8) is 0 Å². The molecule has 5 heteroatoms. The van der Waals surface area contributed by atoms with Crippen LogP contribution in [0.2, 0.25) is 5.02 Å². The number of hydrogen-bond donors (Lipinski definition) is 1. The second-order valence-electron chi connectivity index (χ2n) is 4.31. The molecular weight excluding hydrogens is 380 g/mol. The van der Waals surface area contributed by atoms with Crippen molar-refractivity contribution in [1.82, 2.24) is 0 Å². The molecule has 0 atom stereocenters. The summed E-state index contributed by atoms with van der Waals surface area (Å²) >= 11 is 8.32. The van der Waals surface area contributed by atoms with Gasteiger partial charge in [-0.25, -0.2) is 4.39 Å². The van der Waals surface area contributed by atoms with Gasteiger partial charge >= 0.3 is 0 Å². The monoisotopic (exact) mass is 389 g/mol. The van der Waals surface area contributed by atoms with E-state index in [-0.39, 0.29) is 5.82 Å². The first-order valence-corrected chi connectivity index (χ1v) is 7.21. The number of benzene rings is 2. The summed E-state index contributed by atoms with van der Waals surface area (Å²) in [4.78, 5) is 0. The van der Waals surface area contributed by atoms with E-state index in [1.165, 1.54) is 0 Å². The van der Waals surface area contributed by atoms with Gasteiger partial charge in [0.2, 0.25) is 0 Å². The maximum Gasteiger partial charge on any atom is 0.152 e. The Hall–Kier alpha value is -0.850. The van der Waals surface area contributed by atoms with E-state index in [4.69, 9.17) is 16.3 Å². The molecule has 1 heterocycles. The second kappa shape index (κ2) is 5.26. The van der Waals surface area contributed by atoms with Crippen LogP contribution in [0.4, 0.5) is 15.8 Å². The fourth-order valence-corrected chi connectivity index (χ4v) is 2.95. The van der Waals surface area contributed by atoms with Gasteiger partial charge in [0.05, 0.1) is 29.6 Å². The maximum atomic E-state index is 14.3. The molecule has 0 aromatic heterocycles. The van der Waals surface area contributed by atoms with E-state index >= 15 is 0 Å². The minimum atomic E-state index is -0.260. The molecule has 0 fully saturated rings. The fraction of sp³-hybridized carbons (Fsp3) is 0.143. The van der Waals surface area contributed by atoms with Gasteiger partial charge in [0.1, 0.15) is 0 Å². The van der Waals surface area contributed by atoms with Crippen LogP contribution in [0, 0.1) is 9.39 Å². The molecule has 0 aliphatic carbocycles. The van der Waals surface area contributed by atoms with Crippen molar-refractivity contribution < 1.29 is 9.13 Å². The Kier molecular flexibility index (Phi) is 3.64. The first-order chi connectivity index (χ1) is 9.15. The smallest absolute Gasteiger partial charge is 0.152 e. The zero-order valence-electron chi connectivity index (χ0n) is 9.84. The quantitative estimate of drug-likeness (QED) is 0.741. The number of fused-ring (bicyclic) bond motifs is 1. The Bertz CT molecular complexity index is 648. The Morgan fingerprint density at radius 3 is 2.74 bits per heavy atom. The molecule has 0 unspecified atom stereocenters. The van der Waals surface area contributed by atoms with Crippen LogP contribution in [0.5, 0.6) is 0 Å². The van der Waals surface area contributed by atoms with E-state index in [2.05, 4.69) is 27.9 Å². The highest BCUT2D eigenvalue weighted by Gasteiger charge is 2.18. The van der Waals surface area contributed by atoms with Gasteiger partial charge in [-0.3, -0.25) is 0 Å². The zero-order valence-corrected chi connectivity index (χ0v) is 12.8. The standard InChI is InChI=1S/C14H10ClFINO/c15-11-5-9(17)2-4-12(11)18-13-3-1-8-6-19-7-10(8)14(13)16/h1-5,18H,6-7H2. The zero-order chi connectivity index (χ0) is 13.4. The molecule has 1 aliphatic rings. The fourth-order valence-electron chi connectivity index (χ4n) is 2.05. The molecule has 0 radical (unpaired) electrons. The van der Waals surface area contributed by atoms with Gasteiger partial charge in [0, 0.05) is 9.13 Å². The predicted molar refractivity (Wildman–Crippen MR) is 82.3 cm³/mol. The highest BCUT2D eigenvalue weighted by Crippen LogP contribution is 2.32. The van der Waals surface area contributed by atoms with Crippen LogP contribution in [-0.2, 0) is 18.0 Å². The van der Waals surface area contributed by atoms with Crippen molar-refractivity contribution in [2.75, 3.05) is 5.32 Å². The van der Waals surface area contributed by atoms with Crippen LogP contribution in [-0.4, -0.2) is 0 Å². The summed E-state index contributed by atoms with van der Waals surface area (Å²) in [5, 5.41) is 3.60. The molecule has 0 bridgehead atoms. The van der Waals surface area contributed by atoms with E-state index in [1.54, 1.807) is 6.07 Å². The maximum absolute atomic E-state index is 14.3. The van der Waals surface area contributed by atoms with Crippen LogP contribution < -0.4 is 5.32 Å². The van der Waals surface area contributed by atoms with Crippen LogP contribution in [0.3, 0.4) is 0 Å². The second-order valence-corrected chi connectivity index (χ2v) is 5.96. The first kappa shape index (κ1) is 13.1. The highest BCUT2D eigenvalue weighted by molar-refractivity contribution is 14.1. The summed E-state index contributed by atoms with van der Waals surface area (Å²) in [5.41, 5.74) is 2.66. The molecule has 2 nitrogen and oxygen atoms in total. The number of nitrogens with one attached hydrogen (secondary N) is 1. The molecule has 0 saturated carbocycles. The molecule has 98 valence electrons. The largest absolute Gasteiger partial charge is 0.372 e. The van der Waals surface area contributed by atoms with Gasteiger partial charge < -0.3 is 10.1 Å². The molecule has 0 spiro atoms. The number of anilines is 2. The van der Waals surface area contributed by atoms with E-state index in [9.17, 15) is 4.39 Å². The number of rotatable bonds is 2. The Morgan fingerprint density at radius 1 is 1.16 bits per heavy atom. The summed E-state index contributed by atoms with van der Waals surface area (Å²) in [6.45, 7) is 0.813. The van der Waals surface area contributed by atoms with Crippen molar-refractivity contribution in [3.8, 4) is 0 Å². The lowest BCUT2D eigenvalue weighted by molar-refractivity contribution is 0.133. The van der Waals surface area contributed by atoms with Crippen LogP contribution >= 0.6 is 34.2 Å². The average molecular weight is 390 g/mol. The number of hydrogen-bond acceptors (Lipinski definition) is 2. The van der Waals surface area contributed by atoms with Crippen molar-refractivity contribution in [2.45, 2.75) is 13.2 Å². The first-order valence-electron chi connectivity index (χ1n) is 5.75.